The summed E-state index contributed by atoms with van der Waals surface area (Å²) in [5.41, 5.74) is 1.22. The maximum absolute atomic E-state index is 14.3. The molecule has 116 valence electrons. The summed E-state index contributed by atoms with van der Waals surface area (Å²) < 4.78 is 19.3. The summed E-state index contributed by atoms with van der Waals surface area (Å²) in [7, 11) is 3.16. The van der Waals surface area contributed by atoms with Crippen molar-refractivity contribution in [2.75, 3.05) is 19.5 Å². The van der Waals surface area contributed by atoms with Crippen molar-refractivity contribution < 1.29 is 19.0 Å². The number of methoxy groups -OCH3 is 1. The molecule has 0 aliphatic rings. The van der Waals surface area contributed by atoms with Crippen molar-refractivity contribution in [2.45, 2.75) is 6.92 Å². The number of aliphatic carboxylic acids is 1. The van der Waals surface area contributed by atoms with E-state index in [4.69, 9.17) is 9.84 Å². The third kappa shape index (κ3) is 3.25. The summed E-state index contributed by atoms with van der Waals surface area (Å²) in [5, 5.41) is 12.4. The van der Waals surface area contributed by atoms with Gasteiger partial charge in [0.25, 0.3) is 0 Å². The number of carboxylic acids is 1. The molecule has 7 heteroatoms. The highest BCUT2D eigenvalue weighted by molar-refractivity contribution is 7.17. The maximum atomic E-state index is 14.3. The van der Waals surface area contributed by atoms with E-state index in [-0.39, 0.29) is 0 Å². The second kappa shape index (κ2) is 6.57. The van der Waals surface area contributed by atoms with Gasteiger partial charge in [-0.05, 0) is 24.6 Å². The van der Waals surface area contributed by atoms with Crippen LogP contribution in [0.4, 0.5) is 9.52 Å². The molecule has 0 radical (unpaired) electrons. The number of anilines is 1. The van der Waals surface area contributed by atoms with Crippen LogP contribution >= 0.6 is 11.3 Å². The van der Waals surface area contributed by atoms with E-state index in [2.05, 4.69) is 10.3 Å². The van der Waals surface area contributed by atoms with Gasteiger partial charge in [-0.25, -0.2) is 14.2 Å². The first kappa shape index (κ1) is 16.0. The van der Waals surface area contributed by atoms with Crippen LogP contribution in [0.25, 0.3) is 16.8 Å². The fraction of sp³-hybridized carbons (Fsp3) is 0.200. The second-order valence-corrected chi connectivity index (χ2v) is 5.46. The predicted molar refractivity (Wildman–Crippen MR) is 84.9 cm³/mol. The molecule has 0 aliphatic heterocycles. The van der Waals surface area contributed by atoms with Crippen LogP contribution in [0.3, 0.4) is 0 Å². The molecule has 0 bridgehead atoms. The molecule has 0 atom stereocenters. The van der Waals surface area contributed by atoms with Crippen LogP contribution in [0.5, 0.6) is 5.75 Å². The van der Waals surface area contributed by atoms with Crippen molar-refractivity contribution in [3.8, 4) is 17.0 Å². The molecule has 0 spiro atoms. The van der Waals surface area contributed by atoms with Gasteiger partial charge in [0.05, 0.1) is 17.7 Å². The molecular weight excluding hydrogens is 307 g/mol. The maximum Gasteiger partial charge on any atom is 0.328 e. The summed E-state index contributed by atoms with van der Waals surface area (Å²) in [6, 6.07) is 4.48. The standard InChI is InChI=1S/C15H15FN2O3S/c1-8(6-12(19)20)14-13(18-15(17-2)22-14)10-5-4-9(21-3)7-11(10)16/h4-7H,1-3H3,(H,17,18)(H,19,20)/b8-6+. The molecule has 1 heterocycles. The van der Waals surface area contributed by atoms with E-state index in [1.54, 1.807) is 26.1 Å². The molecule has 2 aromatic rings. The first-order valence-corrected chi connectivity index (χ1v) is 7.22. The lowest BCUT2D eigenvalue weighted by atomic mass is 10.1. The van der Waals surface area contributed by atoms with Crippen molar-refractivity contribution in [1.82, 2.24) is 4.98 Å². The van der Waals surface area contributed by atoms with Crippen molar-refractivity contribution in [1.29, 1.82) is 0 Å². The Kier molecular flexibility index (Phi) is 4.77. The Morgan fingerprint density at radius 1 is 1.50 bits per heavy atom. The normalized spacial score (nSPS) is 11.4. The fourth-order valence-electron chi connectivity index (χ4n) is 1.94. The number of halogens is 1. The minimum atomic E-state index is -1.06. The number of ether oxygens (including phenoxy) is 1. The highest BCUT2D eigenvalue weighted by Gasteiger charge is 2.18. The Morgan fingerprint density at radius 3 is 2.77 bits per heavy atom. The molecule has 2 N–H and O–H groups in total. The van der Waals surface area contributed by atoms with Gasteiger partial charge in [-0.1, -0.05) is 11.3 Å². The second-order valence-electron chi connectivity index (χ2n) is 4.46. The number of thiazole rings is 1. The third-order valence-electron chi connectivity index (χ3n) is 2.97. The minimum absolute atomic E-state index is 0.298. The lowest BCUT2D eigenvalue weighted by Gasteiger charge is -2.06. The number of carboxylic acid groups (broad SMARTS) is 1. The lowest BCUT2D eigenvalue weighted by molar-refractivity contribution is -0.131. The largest absolute Gasteiger partial charge is 0.497 e. The average Bonchev–Trinajstić information content (AvgIpc) is 2.90. The highest BCUT2D eigenvalue weighted by atomic mass is 32.1. The molecule has 1 aromatic heterocycles. The van der Waals surface area contributed by atoms with Gasteiger partial charge in [-0.2, -0.15) is 0 Å². The summed E-state index contributed by atoms with van der Waals surface area (Å²) in [6.45, 7) is 1.66. The zero-order chi connectivity index (χ0) is 16.3. The smallest absolute Gasteiger partial charge is 0.328 e. The predicted octanol–water partition coefficient (Wildman–Crippen LogP) is 3.49. The topological polar surface area (TPSA) is 71.5 Å². The van der Waals surface area contributed by atoms with E-state index in [9.17, 15) is 9.18 Å². The van der Waals surface area contributed by atoms with Crippen LogP contribution in [0, 0.1) is 5.82 Å². The lowest BCUT2D eigenvalue weighted by Crippen LogP contribution is -1.93. The van der Waals surface area contributed by atoms with Gasteiger partial charge in [0.2, 0.25) is 0 Å². The van der Waals surface area contributed by atoms with Crippen molar-refractivity contribution in [3.05, 3.63) is 35.0 Å². The fourth-order valence-corrected chi connectivity index (χ4v) is 2.85. The van der Waals surface area contributed by atoms with Crippen LogP contribution in [0.2, 0.25) is 0 Å². The van der Waals surface area contributed by atoms with Gasteiger partial charge in [-0.15, -0.1) is 0 Å². The Morgan fingerprint density at radius 2 is 2.23 bits per heavy atom. The van der Waals surface area contributed by atoms with Gasteiger partial charge in [0.1, 0.15) is 11.6 Å². The van der Waals surface area contributed by atoms with Crippen molar-refractivity contribution in [2.24, 2.45) is 0 Å². The minimum Gasteiger partial charge on any atom is -0.497 e. The van der Waals surface area contributed by atoms with E-state index >= 15 is 0 Å². The van der Waals surface area contributed by atoms with E-state index in [0.29, 0.717) is 32.6 Å². The van der Waals surface area contributed by atoms with Crippen LogP contribution in [0.1, 0.15) is 11.8 Å². The Hall–Kier alpha value is -2.41. The molecule has 0 saturated carbocycles. The molecule has 1 aromatic carbocycles. The number of hydrogen-bond donors (Lipinski definition) is 2. The Labute approximate surface area is 131 Å². The van der Waals surface area contributed by atoms with Crippen LogP contribution in [-0.4, -0.2) is 30.2 Å². The number of aromatic nitrogens is 1. The quantitative estimate of drug-likeness (QED) is 0.825. The number of benzene rings is 1. The number of nitrogens with zero attached hydrogens (tertiary/aromatic N) is 1. The average molecular weight is 322 g/mol. The van der Waals surface area contributed by atoms with E-state index in [0.717, 1.165) is 6.08 Å². The number of nitrogens with one attached hydrogen (secondary N) is 1. The van der Waals surface area contributed by atoms with Crippen molar-refractivity contribution in [3.63, 3.8) is 0 Å². The number of hydrogen-bond acceptors (Lipinski definition) is 5. The first-order chi connectivity index (χ1) is 10.5. The monoisotopic (exact) mass is 322 g/mol. The summed E-state index contributed by atoms with van der Waals surface area (Å²) in [4.78, 5) is 15.8. The van der Waals surface area contributed by atoms with Gasteiger partial charge >= 0.3 is 5.97 Å². The zero-order valence-corrected chi connectivity index (χ0v) is 13.1. The van der Waals surface area contributed by atoms with Gasteiger partial charge in [-0.3, -0.25) is 0 Å². The van der Waals surface area contributed by atoms with Gasteiger partial charge < -0.3 is 15.2 Å². The number of rotatable bonds is 5. The van der Waals surface area contributed by atoms with Gasteiger partial charge in [0.15, 0.2) is 5.13 Å². The first-order valence-electron chi connectivity index (χ1n) is 6.40. The van der Waals surface area contributed by atoms with E-state index < -0.39 is 11.8 Å². The number of allylic oxidation sites excluding steroid dienone is 1. The van der Waals surface area contributed by atoms with Crippen LogP contribution < -0.4 is 10.1 Å². The Balaban J connectivity index is 2.59. The molecule has 22 heavy (non-hydrogen) atoms. The zero-order valence-electron chi connectivity index (χ0n) is 12.3. The molecular formula is C15H15FN2O3S. The third-order valence-corrected chi connectivity index (χ3v) is 4.18. The van der Waals surface area contributed by atoms with Crippen molar-refractivity contribution >= 4 is 28.0 Å². The number of carbonyl (C=O) groups is 1. The molecule has 2 rings (SSSR count). The SMILES string of the molecule is CNc1nc(-c2ccc(OC)cc2F)c(/C(C)=C/C(=O)O)s1. The Bertz CT molecular complexity index is 740. The van der Waals surface area contributed by atoms with Crippen LogP contribution in [0.15, 0.2) is 24.3 Å². The molecule has 0 unspecified atom stereocenters. The highest BCUT2D eigenvalue weighted by Crippen LogP contribution is 2.37. The molecule has 5 nitrogen and oxygen atoms in total. The molecule has 0 saturated heterocycles. The van der Waals surface area contributed by atoms with Crippen LogP contribution in [-0.2, 0) is 4.79 Å². The summed E-state index contributed by atoms with van der Waals surface area (Å²) in [5.74, 6) is -1.13. The summed E-state index contributed by atoms with van der Waals surface area (Å²) in [6.07, 6.45) is 1.08. The van der Waals surface area contributed by atoms with Gasteiger partial charge in [0, 0.05) is 24.8 Å². The molecule has 0 amide bonds. The molecule has 0 aliphatic carbocycles. The van der Waals surface area contributed by atoms with E-state index in [1.807, 2.05) is 0 Å². The summed E-state index contributed by atoms with van der Waals surface area (Å²) >= 11 is 1.27. The van der Waals surface area contributed by atoms with E-state index in [1.165, 1.54) is 24.5 Å². The molecule has 0 fully saturated rings.